The molecule has 3 aromatic rings. The maximum Gasteiger partial charge on any atom is 0.252 e. The molecular formula is C30H38N4O5S. The number of benzene rings is 3. The molecule has 4 N–H and O–H groups in total. The molecule has 0 aliphatic carbocycles. The van der Waals surface area contributed by atoms with Crippen LogP contribution in [0.25, 0.3) is 0 Å². The van der Waals surface area contributed by atoms with Crippen LogP contribution in [-0.2, 0) is 21.2 Å². The zero-order chi connectivity index (χ0) is 29.1. The Hall–Kier alpha value is -4.05. The molecule has 0 aliphatic heterocycles. The fraction of sp³-hybridized carbons (Fsp3) is 0.333. The van der Waals surface area contributed by atoms with Crippen molar-refractivity contribution in [2.75, 3.05) is 30.0 Å². The molecule has 40 heavy (non-hydrogen) atoms. The van der Waals surface area contributed by atoms with Gasteiger partial charge < -0.3 is 20.7 Å². The number of nitrogens with zero attached hydrogens (tertiary/aromatic N) is 1. The summed E-state index contributed by atoms with van der Waals surface area (Å²) in [5, 5.41) is 2.81. The number of anilines is 2. The predicted octanol–water partition coefficient (Wildman–Crippen LogP) is 4.28. The predicted molar refractivity (Wildman–Crippen MR) is 158 cm³/mol. The summed E-state index contributed by atoms with van der Waals surface area (Å²) in [6, 6.07) is 21.8. The van der Waals surface area contributed by atoms with Crippen LogP contribution in [0.3, 0.4) is 0 Å². The van der Waals surface area contributed by atoms with Crippen molar-refractivity contribution in [3.05, 3.63) is 90.0 Å². The van der Waals surface area contributed by atoms with Crippen molar-refractivity contribution in [1.82, 2.24) is 10.2 Å². The first-order valence-corrected chi connectivity index (χ1v) is 14.8. The average Bonchev–Trinajstić information content (AvgIpc) is 2.92. The highest BCUT2D eigenvalue weighted by Crippen LogP contribution is 2.18. The minimum Gasteiger partial charge on any atom is -0.497 e. The quantitative estimate of drug-likeness (QED) is 0.250. The molecule has 0 radical (unpaired) electrons. The van der Waals surface area contributed by atoms with Crippen molar-refractivity contribution in [2.24, 2.45) is 5.92 Å². The van der Waals surface area contributed by atoms with Crippen LogP contribution >= 0.6 is 0 Å². The number of methoxy groups -OCH3 is 1. The molecule has 2 amide bonds. The van der Waals surface area contributed by atoms with Gasteiger partial charge in [0.05, 0.1) is 7.11 Å². The molecule has 1 atom stereocenters. The lowest BCUT2D eigenvalue weighted by Gasteiger charge is -2.29. The summed E-state index contributed by atoms with van der Waals surface area (Å²) in [6.45, 7) is 4.07. The maximum atomic E-state index is 13.8. The fourth-order valence-electron chi connectivity index (χ4n) is 4.27. The highest BCUT2D eigenvalue weighted by atomic mass is 32.2. The van der Waals surface area contributed by atoms with E-state index in [4.69, 9.17) is 10.5 Å². The van der Waals surface area contributed by atoms with Crippen molar-refractivity contribution < 1.29 is 22.7 Å². The molecular weight excluding hydrogens is 528 g/mol. The summed E-state index contributed by atoms with van der Waals surface area (Å²) < 4.78 is 34.1. The minimum atomic E-state index is -3.96. The van der Waals surface area contributed by atoms with E-state index in [0.29, 0.717) is 42.0 Å². The highest BCUT2D eigenvalue weighted by molar-refractivity contribution is 7.92. The number of nitrogens with two attached hydrogens (primary N) is 1. The summed E-state index contributed by atoms with van der Waals surface area (Å²) in [6.07, 6.45) is 1.56. The summed E-state index contributed by atoms with van der Waals surface area (Å²) in [7, 11) is -2.43. The summed E-state index contributed by atoms with van der Waals surface area (Å²) in [4.78, 5) is 28.2. The normalized spacial score (nSPS) is 12.0. The Bertz CT molecular complexity index is 1360. The average molecular weight is 567 g/mol. The number of nitrogens with one attached hydrogen (secondary N) is 2. The van der Waals surface area contributed by atoms with Crippen LogP contribution < -0.4 is 20.5 Å². The zero-order valence-corrected chi connectivity index (χ0v) is 24.0. The molecule has 0 saturated heterocycles. The second-order valence-electron chi connectivity index (χ2n) is 10.0. The number of carbonyl (C=O) groups excluding carboxylic acids is 2. The number of nitrogen functional groups attached to an aromatic ring is 1. The van der Waals surface area contributed by atoms with Crippen LogP contribution in [0.2, 0.25) is 0 Å². The molecule has 0 spiro atoms. The SMILES string of the molecule is COc1ccc(NS(=O)(=O)CN(CCCc2ccccc2)C(=O)[C@H](CC(C)C)NC(=O)c2cccc(N)c2)cc1. The first kappa shape index (κ1) is 30.5. The van der Waals surface area contributed by atoms with Gasteiger partial charge in [-0.2, -0.15) is 0 Å². The molecule has 0 unspecified atom stereocenters. The van der Waals surface area contributed by atoms with Crippen molar-refractivity contribution in [3.63, 3.8) is 0 Å². The third-order valence-corrected chi connectivity index (χ3v) is 7.39. The second-order valence-corrected chi connectivity index (χ2v) is 11.7. The first-order valence-electron chi connectivity index (χ1n) is 13.2. The molecule has 0 aromatic heterocycles. The largest absolute Gasteiger partial charge is 0.497 e. The maximum absolute atomic E-state index is 13.8. The summed E-state index contributed by atoms with van der Waals surface area (Å²) in [5.74, 6) is -0.813. The molecule has 9 nitrogen and oxygen atoms in total. The number of ether oxygens (including phenoxy) is 1. The molecule has 10 heteroatoms. The lowest BCUT2D eigenvalue weighted by molar-refractivity contribution is -0.132. The molecule has 3 rings (SSSR count). The van der Waals surface area contributed by atoms with Crippen molar-refractivity contribution in [1.29, 1.82) is 0 Å². The molecule has 0 fully saturated rings. The number of carbonyl (C=O) groups is 2. The second kappa shape index (κ2) is 14.4. The molecule has 0 saturated carbocycles. The Morgan fingerprint density at radius 2 is 1.68 bits per heavy atom. The van der Waals surface area contributed by atoms with E-state index in [1.54, 1.807) is 42.5 Å². The van der Waals surface area contributed by atoms with Crippen LogP contribution in [-0.4, -0.2) is 50.7 Å². The number of rotatable bonds is 14. The Labute approximate surface area is 236 Å². The van der Waals surface area contributed by atoms with Crippen LogP contribution in [0.5, 0.6) is 5.75 Å². The van der Waals surface area contributed by atoms with E-state index in [1.807, 2.05) is 44.2 Å². The summed E-state index contributed by atoms with van der Waals surface area (Å²) in [5.41, 5.74) is 8.02. The molecule has 214 valence electrons. The Kier molecular flexibility index (Phi) is 11.0. The van der Waals surface area contributed by atoms with Gasteiger partial charge in [-0.3, -0.25) is 14.3 Å². The van der Waals surface area contributed by atoms with E-state index in [9.17, 15) is 18.0 Å². The van der Waals surface area contributed by atoms with Crippen LogP contribution in [0.1, 0.15) is 42.6 Å². The number of aryl methyl sites for hydroxylation is 1. The van der Waals surface area contributed by atoms with E-state index in [0.717, 1.165) is 5.56 Å². The first-order chi connectivity index (χ1) is 19.1. The Morgan fingerprint density at radius 1 is 0.975 bits per heavy atom. The van der Waals surface area contributed by atoms with Crippen LogP contribution in [0, 0.1) is 5.92 Å². The lowest BCUT2D eigenvalue weighted by Crippen LogP contribution is -2.51. The number of amides is 2. The number of hydrogen-bond donors (Lipinski definition) is 3. The van der Waals surface area contributed by atoms with E-state index >= 15 is 0 Å². The van der Waals surface area contributed by atoms with Gasteiger partial charge in [0.2, 0.25) is 5.91 Å². The third kappa shape index (κ3) is 9.60. The Morgan fingerprint density at radius 3 is 2.30 bits per heavy atom. The molecule has 0 aliphatic rings. The van der Waals surface area contributed by atoms with Gasteiger partial charge in [0.25, 0.3) is 15.9 Å². The standard InChI is InChI=1S/C30H38N4O5S/c1-22(2)19-28(32-29(35)24-12-7-13-25(31)20-24)30(36)34(18-8-11-23-9-5-4-6-10-23)21-40(37,38)33-26-14-16-27(39-3)17-15-26/h4-7,9-10,12-17,20,22,28,33H,8,11,18-19,21,31H2,1-3H3,(H,32,35)/t28-/m0/s1. The van der Waals surface area contributed by atoms with Gasteiger partial charge in [0, 0.05) is 23.5 Å². The highest BCUT2D eigenvalue weighted by Gasteiger charge is 2.30. The van der Waals surface area contributed by atoms with Crippen molar-refractivity contribution >= 4 is 33.2 Å². The van der Waals surface area contributed by atoms with Crippen molar-refractivity contribution in [2.45, 2.75) is 39.2 Å². The third-order valence-electron chi connectivity index (χ3n) is 6.20. The minimum absolute atomic E-state index is 0.0651. The fourth-order valence-corrected chi connectivity index (χ4v) is 5.49. The van der Waals surface area contributed by atoms with Gasteiger partial charge in [0.15, 0.2) is 0 Å². The van der Waals surface area contributed by atoms with E-state index < -0.39 is 33.8 Å². The van der Waals surface area contributed by atoms with Gasteiger partial charge in [-0.15, -0.1) is 0 Å². The Balaban J connectivity index is 1.81. The molecule has 0 bridgehead atoms. The van der Waals surface area contributed by atoms with Crippen LogP contribution in [0.15, 0.2) is 78.9 Å². The molecule has 0 heterocycles. The van der Waals surface area contributed by atoms with E-state index in [-0.39, 0.29) is 12.5 Å². The van der Waals surface area contributed by atoms with Gasteiger partial charge in [-0.1, -0.05) is 50.2 Å². The lowest BCUT2D eigenvalue weighted by atomic mass is 10.0. The van der Waals surface area contributed by atoms with E-state index in [2.05, 4.69) is 10.0 Å². The number of hydrogen-bond acceptors (Lipinski definition) is 6. The topological polar surface area (TPSA) is 131 Å². The van der Waals surface area contributed by atoms with Crippen molar-refractivity contribution in [3.8, 4) is 5.75 Å². The van der Waals surface area contributed by atoms with Crippen LogP contribution in [0.4, 0.5) is 11.4 Å². The van der Waals surface area contributed by atoms with Gasteiger partial charge >= 0.3 is 0 Å². The smallest absolute Gasteiger partial charge is 0.252 e. The monoisotopic (exact) mass is 566 g/mol. The van der Waals surface area contributed by atoms with Gasteiger partial charge in [-0.05, 0) is 73.2 Å². The van der Waals surface area contributed by atoms with Gasteiger partial charge in [-0.25, -0.2) is 8.42 Å². The van der Waals surface area contributed by atoms with Gasteiger partial charge in [0.1, 0.15) is 17.7 Å². The molecule has 3 aromatic carbocycles. The zero-order valence-electron chi connectivity index (χ0n) is 23.2. The summed E-state index contributed by atoms with van der Waals surface area (Å²) >= 11 is 0. The number of sulfonamides is 1. The van der Waals surface area contributed by atoms with E-state index in [1.165, 1.54) is 18.1 Å².